The Labute approximate surface area is 205 Å². The molecule has 188 valence electrons. The third kappa shape index (κ3) is 4.88. The molecule has 0 unspecified atom stereocenters. The van der Waals surface area contributed by atoms with Gasteiger partial charge in [-0.2, -0.15) is 18.2 Å². The topological polar surface area (TPSA) is 98.6 Å². The number of nitrogens with zero attached hydrogens (tertiary/aromatic N) is 2. The molecule has 3 aromatic carbocycles. The van der Waals surface area contributed by atoms with E-state index in [0.717, 1.165) is 12.1 Å². The Balaban J connectivity index is 1.38. The first-order valence-electron chi connectivity index (χ1n) is 10.8. The van der Waals surface area contributed by atoms with Gasteiger partial charge in [-0.25, -0.2) is 4.39 Å². The van der Waals surface area contributed by atoms with Gasteiger partial charge in [0.15, 0.2) is 11.5 Å². The molecule has 37 heavy (non-hydrogen) atoms. The molecule has 0 bridgehead atoms. The molecule has 0 aliphatic heterocycles. The van der Waals surface area contributed by atoms with Gasteiger partial charge in [0.05, 0.1) is 16.5 Å². The predicted molar refractivity (Wildman–Crippen MR) is 123 cm³/mol. The zero-order valence-corrected chi connectivity index (χ0v) is 18.9. The Morgan fingerprint density at radius 3 is 2.49 bits per heavy atom. The van der Waals surface area contributed by atoms with Gasteiger partial charge in [-0.15, -0.1) is 0 Å². The second kappa shape index (κ2) is 9.08. The van der Waals surface area contributed by atoms with Crippen LogP contribution in [-0.4, -0.2) is 15.2 Å². The lowest BCUT2D eigenvalue weighted by molar-refractivity contribution is -0.137. The van der Waals surface area contributed by atoms with Crippen molar-refractivity contribution in [3.05, 3.63) is 94.4 Å². The number of aromatic nitrogens is 2. The highest BCUT2D eigenvalue weighted by Gasteiger charge is 2.32. The minimum absolute atomic E-state index is 0.0583. The Bertz CT molecular complexity index is 1660. The maximum atomic E-state index is 13.7. The van der Waals surface area contributed by atoms with Gasteiger partial charge in [0, 0.05) is 11.6 Å². The van der Waals surface area contributed by atoms with Crippen LogP contribution in [0.4, 0.5) is 17.6 Å². The van der Waals surface area contributed by atoms with Crippen LogP contribution in [0.25, 0.3) is 33.5 Å². The van der Waals surface area contributed by atoms with Crippen molar-refractivity contribution in [3.8, 4) is 34.0 Å². The molecule has 2 aromatic heterocycles. The largest absolute Gasteiger partial charge is 0.508 e. The molecule has 5 aromatic rings. The molecule has 2 heterocycles. The van der Waals surface area contributed by atoms with Crippen molar-refractivity contribution in [1.29, 1.82) is 0 Å². The van der Waals surface area contributed by atoms with E-state index in [9.17, 15) is 27.5 Å². The van der Waals surface area contributed by atoms with Crippen LogP contribution in [0.3, 0.4) is 0 Å². The highest BCUT2D eigenvalue weighted by atomic mass is 19.4. The van der Waals surface area contributed by atoms with Crippen molar-refractivity contribution in [2.24, 2.45) is 0 Å². The maximum Gasteiger partial charge on any atom is 0.416 e. The summed E-state index contributed by atoms with van der Waals surface area (Å²) in [5, 5.41) is 13.4. The fourth-order valence-electron chi connectivity index (χ4n) is 3.68. The summed E-state index contributed by atoms with van der Waals surface area (Å²) in [6, 6.07) is 12.6. The van der Waals surface area contributed by atoms with Crippen molar-refractivity contribution < 1.29 is 36.3 Å². The zero-order valence-electron chi connectivity index (χ0n) is 18.9. The van der Waals surface area contributed by atoms with Crippen LogP contribution in [0.2, 0.25) is 0 Å². The smallest absolute Gasteiger partial charge is 0.416 e. The van der Waals surface area contributed by atoms with Crippen LogP contribution in [0.5, 0.6) is 11.5 Å². The van der Waals surface area contributed by atoms with Crippen molar-refractivity contribution in [1.82, 2.24) is 10.1 Å². The van der Waals surface area contributed by atoms with E-state index >= 15 is 0 Å². The number of hydrogen-bond acceptors (Lipinski definition) is 7. The first-order valence-corrected chi connectivity index (χ1v) is 10.8. The quantitative estimate of drug-likeness (QED) is 0.268. The van der Waals surface area contributed by atoms with Gasteiger partial charge in [-0.1, -0.05) is 17.3 Å². The summed E-state index contributed by atoms with van der Waals surface area (Å²) >= 11 is 0. The summed E-state index contributed by atoms with van der Waals surface area (Å²) in [6.07, 6.45) is -4.27. The maximum absolute atomic E-state index is 13.7. The van der Waals surface area contributed by atoms with Gasteiger partial charge in [-0.3, -0.25) is 4.79 Å². The minimum Gasteiger partial charge on any atom is -0.508 e. The number of rotatable bonds is 5. The third-order valence-electron chi connectivity index (χ3n) is 5.51. The molecule has 0 aliphatic rings. The molecule has 11 heteroatoms. The number of phenols is 1. The highest BCUT2D eigenvalue weighted by Crippen LogP contribution is 2.33. The molecule has 0 amide bonds. The zero-order chi connectivity index (χ0) is 26.3. The van der Waals surface area contributed by atoms with Crippen molar-refractivity contribution in [2.75, 3.05) is 0 Å². The molecule has 1 atom stereocenters. The average molecular weight is 512 g/mol. The number of benzene rings is 3. The Kier molecular flexibility index (Phi) is 5.90. The Morgan fingerprint density at radius 1 is 1.00 bits per heavy atom. The number of halogens is 4. The summed E-state index contributed by atoms with van der Waals surface area (Å²) in [6.45, 7) is 1.57. The van der Waals surface area contributed by atoms with E-state index in [1.165, 1.54) is 36.6 Å². The van der Waals surface area contributed by atoms with Crippen molar-refractivity contribution in [2.45, 2.75) is 19.2 Å². The molecular weight excluding hydrogens is 496 g/mol. The number of phenolic OH excluding ortho intramolecular Hbond substituents is 1. The molecule has 0 saturated carbocycles. The molecular formula is C26H16F4N2O5. The first kappa shape index (κ1) is 24.0. The molecule has 1 N–H and O–H groups in total. The standard InChI is InChI=1S/C26H16F4N2O5/c1-13(25-31-24(32-37-25)15-8-16(26(28,29)30)10-17(27)9-15)36-19-6-7-20-22(11-19)35-12-21(23(20)34)14-2-4-18(33)5-3-14/h2-13,33H,1H3/t13-/m1/s1. The third-order valence-corrected chi connectivity index (χ3v) is 5.51. The highest BCUT2D eigenvalue weighted by molar-refractivity contribution is 5.82. The monoisotopic (exact) mass is 512 g/mol. The fourth-order valence-corrected chi connectivity index (χ4v) is 3.68. The first-order chi connectivity index (χ1) is 17.6. The summed E-state index contributed by atoms with van der Waals surface area (Å²) in [4.78, 5) is 17.0. The van der Waals surface area contributed by atoms with Gasteiger partial charge in [-0.05, 0) is 55.0 Å². The average Bonchev–Trinajstić information content (AvgIpc) is 3.35. The van der Waals surface area contributed by atoms with Gasteiger partial charge in [0.2, 0.25) is 5.82 Å². The second-order valence-corrected chi connectivity index (χ2v) is 8.13. The summed E-state index contributed by atoms with van der Waals surface area (Å²) in [5.41, 5.74) is -0.505. The Morgan fingerprint density at radius 2 is 1.76 bits per heavy atom. The van der Waals surface area contributed by atoms with E-state index in [1.54, 1.807) is 19.1 Å². The van der Waals surface area contributed by atoms with Crippen LogP contribution in [-0.2, 0) is 6.18 Å². The van der Waals surface area contributed by atoms with Crippen LogP contribution in [0.1, 0.15) is 24.5 Å². The molecule has 0 radical (unpaired) electrons. The molecule has 0 fully saturated rings. The second-order valence-electron chi connectivity index (χ2n) is 8.13. The number of alkyl halides is 3. The van der Waals surface area contributed by atoms with E-state index in [1.807, 2.05) is 0 Å². The molecule has 0 aliphatic carbocycles. The number of aromatic hydroxyl groups is 1. The molecule has 0 spiro atoms. The lowest BCUT2D eigenvalue weighted by atomic mass is 10.1. The molecule has 5 rings (SSSR count). The van der Waals surface area contributed by atoms with Gasteiger partial charge in [0.1, 0.15) is 29.2 Å². The normalized spacial score (nSPS) is 12.6. The summed E-state index contributed by atoms with van der Waals surface area (Å²) < 4.78 is 69.3. The summed E-state index contributed by atoms with van der Waals surface area (Å²) in [5.74, 6) is -1.02. The van der Waals surface area contributed by atoms with Crippen molar-refractivity contribution >= 4 is 11.0 Å². The van der Waals surface area contributed by atoms with E-state index < -0.39 is 23.7 Å². The Hall–Kier alpha value is -4.67. The van der Waals surface area contributed by atoms with E-state index in [4.69, 9.17) is 13.7 Å². The lowest BCUT2D eigenvalue weighted by Crippen LogP contribution is -2.06. The molecule has 7 nitrogen and oxygen atoms in total. The van der Waals surface area contributed by atoms with Crippen LogP contribution in [0, 0.1) is 5.82 Å². The molecule has 0 saturated heterocycles. The van der Waals surface area contributed by atoms with Crippen molar-refractivity contribution in [3.63, 3.8) is 0 Å². The SMILES string of the molecule is C[C@@H](Oc1ccc2c(=O)c(-c3ccc(O)cc3)coc2c1)c1nc(-c2cc(F)cc(C(F)(F)F)c2)no1. The van der Waals surface area contributed by atoms with Gasteiger partial charge >= 0.3 is 6.18 Å². The van der Waals surface area contributed by atoms with E-state index in [-0.39, 0.29) is 34.0 Å². The minimum atomic E-state index is -4.74. The fraction of sp³-hybridized carbons (Fsp3) is 0.115. The van der Waals surface area contributed by atoms with Crippen LogP contribution >= 0.6 is 0 Å². The van der Waals surface area contributed by atoms with Gasteiger partial charge < -0.3 is 18.8 Å². The van der Waals surface area contributed by atoms with Crippen LogP contribution < -0.4 is 10.2 Å². The predicted octanol–water partition coefficient (Wildman–Crippen LogP) is 6.51. The van der Waals surface area contributed by atoms with Crippen LogP contribution in [0.15, 0.2) is 80.7 Å². The van der Waals surface area contributed by atoms with E-state index in [2.05, 4.69) is 10.1 Å². The van der Waals surface area contributed by atoms with E-state index in [0.29, 0.717) is 28.3 Å². The summed E-state index contributed by atoms with van der Waals surface area (Å²) in [7, 11) is 0. The lowest BCUT2D eigenvalue weighted by Gasteiger charge is -2.11. The van der Waals surface area contributed by atoms with Gasteiger partial charge in [0.25, 0.3) is 5.89 Å². The number of ether oxygens (including phenoxy) is 1. The number of fused-ring (bicyclic) bond motifs is 1. The number of hydrogen-bond donors (Lipinski definition) is 1.